The molecule has 234 valence electrons. The fourth-order valence-electron chi connectivity index (χ4n) is 5.12. The molecule has 0 aromatic rings. The first-order valence-corrected chi connectivity index (χ1v) is 16.9. The van der Waals surface area contributed by atoms with Crippen molar-refractivity contribution in [2.45, 2.75) is 168 Å². The summed E-state index contributed by atoms with van der Waals surface area (Å²) in [5, 5.41) is 19.0. The molecule has 0 fully saturated rings. The van der Waals surface area contributed by atoms with E-state index >= 15 is 0 Å². The van der Waals surface area contributed by atoms with Gasteiger partial charge in [0.25, 0.3) is 0 Å². The van der Waals surface area contributed by atoms with Crippen LogP contribution in [0, 0.1) is 0 Å². The van der Waals surface area contributed by atoms with Gasteiger partial charge in [-0.3, -0.25) is 4.79 Å². The Morgan fingerprint density at radius 2 is 1.18 bits per heavy atom. The maximum absolute atomic E-state index is 11.9. The monoisotopic (exact) mass is 558 g/mol. The van der Waals surface area contributed by atoms with Crippen LogP contribution in [0.1, 0.15) is 156 Å². The second-order valence-corrected chi connectivity index (χ2v) is 11.4. The zero-order valence-electron chi connectivity index (χ0n) is 26.3. The van der Waals surface area contributed by atoms with Crippen molar-refractivity contribution in [2.75, 3.05) is 39.5 Å². The molecular formula is C33H67NO5. The zero-order valence-corrected chi connectivity index (χ0v) is 26.3. The molecule has 0 aliphatic carbocycles. The third-order valence-corrected chi connectivity index (χ3v) is 7.78. The normalized spacial score (nSPS) is 12.5. The summed E-state index contributed by atoms with van der Waals surface area (Å²) in [7, 11) is 0. The van der Waals surface area contributed by atoms with Crippen LogP contribution in [0.25, 0.3) is 0 Å². The highest BCUT2D eigenvalue weighted by Crippen LogP contribution is 2.14. The summed E-state index contributed by atoms with van der Waals surface area (Å²) >= 11 is 0. The fraction of sp³-hybridized carbons (Fsp3) is 0.970. The van der Waals surface area contributed by atoms with Gasteiger partial charge in [0, 0.05) is 13.0 Å². The second-order valence-electron chi connectivity index (χ2n) is 11.4. The predicted octanol–water partition coefficient (Wildman–Crippen LogP) is 7.82. The Hall–Kier alpha value is -0.690. The Balaban J connectivity index is 3.66. The Bertz CT molecular complexity index is 500. The Kier molecular flexibility index (Phi) is 29.7. The van der Waals surface area contributed by atoms with Gasteiger partial charge in [0.15, 0.2) is 0 Å². The topological polar surface area (TPSA) is 79.2 Å². The lowest BCUT2D eigenvalue weighted by molar-refractivity contribution is -0.143. The van der Waals surface area contributed by atoms with E-state index in [9.17, 15) is 15.0 Å². The maximum atomic E-state index is 11.9. The number of aliphatic hydroxyl groups is 2. The van der Waals surface area contributed by atoms with E-state index in [1.807, 2.05) is 0 Å². The molecule has 39 heavy (non-hydrogen) atoms. The minimum absolute atomic E-state index is 0.0107. The Labute approximate surface area is 242 Å². The average Bonchev–Trinajstić information content (AvgIpc) is 2.94. The number of carbonyl (C=O) groups excluding carboxylic acids is 1. The molecule has 0 aromatic heterocycles. The molecule has 0 radical (unpaired) electrons. The number of aliphatic hydroxyl groups excluding tert-OH is 2. The van der Waals surface area contributed by atoms with E-state index in [4.69, 9.17) is 9.47 Å². The van der Waals surface area contributed by atoms with E-state index < -0.39 is 0 Å². The molecule has 6 heteroatoms. The highest BCUT2D eigenvalue weighted by atomic mass is 16.5. The SMILES string of the molecule is CCCCCCCCCOC(=O)CCCCCCCN(CCO)CCCCCCCC(CO)OC(CC)CC. The van der Waals surface area contributed by atoms with Crippen molar-refractivity contribution in [1.82, 2.24) is 4.90 Å². The van der Waals surface area contributed by atoms with E-state index in [1.165, 1.54) is 70.6 Å². The van der Waals surface area contributed by atoms with Crippen LogP contribution in [0.15, 0.2) is 0 Å². The Morgan fingerprint density at radius 1 is 0.641 bits per heavy atom. The molecule has 2 N–H and O–H groups in total. The summed E-state index contributed by atoms with van der Waals surface area (Å²) in [6.45, 7) is 10.3. The van der Waals surface area contributed by atoms with Crippen LogP contribution >= 0.6 is 0 Å². The summed E-state index contributed by atoms with van der Waals surface area (Å²) in [5.74, 6) is -0.0294. The standard InChI is InChI=1S/C33H67NO5/c1-4-7-8-9-10-17-22-29-38-33(37)24-19-14-12-16-21-26-34(27-28-35)25-20-15-11-13-18-23-32(30-36)39-31(5-2)6-3/h31-32,35-36H,4-30H2,1-3H3. The van der Waals surface area contributed by atoms with E-state index in [-0.39, 0.29) is 31.4 Å². The number of hydrogen-bond donors (Lipinski definition) is 2. The van der Waals surface area contributed by atoms with Gasteiger partial charge in [-0.05, 0) is 58.0 Å². The smallest absolute Gasteiger partial charge is 0.305 e. The molecule has 1 atom stereocenters. The van der Waals surface area contributed by atoms with Crippen LogP contribution in [0.4, 0.5) is 0 Å². The molecule has 0 saturated heterocycles. The van der Waals surface area contributed by atoms with E-state index in [0.29, 0.717) is 13.0 Å². The average molecular weight is 558 g/mol. The van der Waals surface area contributed by atoms with Crippen LogP contribution in [0.3, 0.4) is 0 Å². The van der Waals surface area contributed by atoms with Gasteiger partial charge in [0.05, 0.1) is 32.0 Å². The first-order chi connectivity index (χ1) is 19.1. The summed E-state index contributed by atoms with van der Waals surface area (Å²) in [5.41, 5.74) is 0. The quantitative estimate of drug-likeness (QED) is 0.0668. The van der Waals surface area contributed by atoms with Crippen LogP contribution in [-0.2, 0) is 14.3 Å². The molecule has 0 spiro atoms. The van der Waals surface area contributed by atoms with Crippen molar-refractivity contribution < 1.29 is 24.5 Å². The maximum Gasteiger partial charge on any atom is 0.305 e. The molecule has 0 amide bonds. The third kappa shape index (κ3) is 26.0. The number of esters is 1. The molecule has 6 nitrogen and oxygen atoms in total. The van der Waals surface area contributed by atoms with Crippen LogP contribution in [-0.4, -0.2) is 72.7 Å². The molecule has 1 unspecified atom stereocenters. The predicted molar refractivity (Wildman–Crippen MR) is 164 cm³/mol. The van der Waals surface area contributed by atoms with Gasteiger partial charge < -0.3 is 24.6 Å². The number of rotatable bonds is 31. The first-order valence-electron chi connectivity index (χ1n) is 16.9. The zero-order chi connectivity index (χ0) is 28.8. The van der Waals surface area contributed by atoms with Gasteiger partial charge in [-0.15, -0.1) is 0 Å². The van der Waals surface area contributed by atoms with Gasteiger partial charge in [0.1, 0.15) is 0 Å². The molecule has 0 heterocycles. The molecule has 0 saturated carbocycles. The molecule has 0 aromatic carbocycles. The van der Waals surface area contributed by atoms with Crippen LogP contribution in [0.5, 0.6) is 0 Å². The molecule has 0 aliphatic heterocycles. The molecule has 0 bridgehead atoms. The van der Waals surface area contributed by atoms with Crippen molar-refractivity contribution in [3.8, 4) is 0 Å². The van der Waals surface area contributed by atoms with Crippen LogP contribution < -0.4 is 0 Å². The van der Waals surface area contributed by atoms with Crippen molar-refractivity contribution in [2.24, 2.45) is 0 Å². The molecular weight excluding hydrogens is 490 g/mol. The van der Waals surface area contributed by atoms with Gasteiger partial charge >= 0.3 is 5.97 Å². The minimum atomic E-state index is -0.0294. The van der Waals surface area contributed by atoms with Crippen molar-refractivity contribution in [1.29, 1.82) is 0 Å². The molecule has 0 rings (SSSR count). The van der Waals surface area contributed by atoms with Gasteiger partial charge in [-0.2, -0.15) is 0 Å². The highest BCUT2D eigenvalue weighted by Gasteiger charge is 2.13. The lowest BCUT2D eigenvalue weighted by Gasteiger charge is -2.22. The van der Waals surface area contributed by atoms with Gasteiger partial charge in [-0.1, -0.05) is 104 Å². The minimum Gasteiger partial charge on any atom is -0.466 e. The molecule has 0 aliphatic rings. The second kappa shape index (κ2) is 30.3. The Morgan fingerprint density at radius 3 is 1.74 bits per heavy atom. The lowest BCUT2D eigenvalue weighted by atomic mass is 10.1. The van der Waals surface area contributed by atoms with Crippen molar-refractivity contribution in [3.05, 3.63) is 0 Å². The lowest BCUT2D eigenvalue weighted by Crippen LogP contribution is -2.29. The van der Waals surface area contributed by atoms with Crippen LogP contribution in [0.2, 0.25) is 0 Å². The largest absolute Gasteiger partial charge is 0.466 e. The van der Waals surface area contributed by atoms with E-state index in [0.717, 1.165) is 77.4 Å². The number of carbonyl (C=O) groups is 1. The summed E-state index contributed by atoms with van der Waals surface area (Å²) < 4.78 is 11.4. The highest BCUT2D eigenvalue weighted by molar-refractivity contribution is 5.69. The van der Waals surface area contributed by atoms with Crippen molar-refractivity contribution >= 4 is 5.97 Å². The van der Waals surface area contributed by atoms with E-state index in [1.54, 1.807) is 0 Å². The third-order valence-electron chi connectivity index (χ3n) is 7.78. The summed E-state index contributed by atoms with van der Waals surface area (Å²) in [4.78, 5) is 14.3. The summed E-state index contributed by atoms with van der Waals surface area (Å²) in [6.07, 6.45) is 23.9. The van der Waals surface area contributed by atoms with E-state index in [2.05, 4.69) is 25.7 Å². The number of hydrogen-bond acceptors (Lipinski definition) is 6. The van der Waals surface area contributed by atoms with Crippen molar-refractivity contribution in [3.63, 3.8) is 0 Å². The number of ether oxygens (including phenoxy) is 2. The van der Waals surface area contributed by atoms with Gasteiger partial charge in [-0.25, -0.2) is 0 Å². The first kappa shape index (κ1) is 38.3. The number of nitrogens with zero attached hydrogens (tertiary/aromatic N) is 1. The summed E-state index contributed by atoms with van der Waals surface area (Å²) in [6, 6.07) is 0. The fourth-order valence-corrected chi connectivity index (χ4v) is 5.12. The van der Waals surface area contributed by atoms with Gasteiger partial charge in [0.2, 0.25) is 0 Å². The number of unbranched alkanes of at least 4 members (excludes halogenated alkanes) is 14.